The minimum absolute atomic E-state index is 0.0554. The van der Waals surface area contributed by atoms with Crippen LogP contribution in [0.25, 0.3) is 0 Å². The molecule has 0 spiro atoms. The maximum absolute atomic E-state index is 12.7. The van der Waals surface area contributed by atoms with Crippen LogP contribution in [-0.2, 0) is 16.1 Å². The molecule has 1 aromatic carbocycles. The Kier molecular flexibility index (Phi) is 7.87. The average molecular weight is 463 g/mol. The zero-order valence-corrected chi connectivity index (χ0v) is 19.4. The summed E-state index contributed by atoms with van der Waals surface area (Å²) < 4.78 is 6.81. The minimum atomic E-state index is -0.361. The van der Waals surface area contributed by atoms with Gasteiger partial charge in [0.25, 0.3) is 0 Å². The van der Waals surface area contributed by atoms with Gasteiger partial charge in [-0.25, -0.2) is 14.5 Å². The van der Waals surface area contributed by atoms with Crippen molar-refractivity contribution in [2.75, 3.05) is 49.5 Å². The first kappa shape index (κ1) is 23.4. The molecule has 4 rings (SSSR count). The Morgan fingerprint density at radius 1 is 1.03 bits per heavy atom. The fourth-order valence-corrected chi connectivity index (χ4v) is 3.97. The fraction of sp³-hybridized carbons (Fsp3) is 0.360. The van der Waals surface area contributed by atoms with Crippen LogP contribution >= 0.6 is 0 Å². The van der Waals surface area contributed by atoms with Gasteiger partial charge in [0.2, 0.25) is 5.91 Å². The zero-order valence-electron chi connectivity index (χ0n) is 19.4. The van der Waals surface area contributed by atoms with E-state index in [2.05, 4.69) is 25.2 Å². The van der Waals surface area contributed by atoms with E-state index in [0.717, 1.165) is 44.0 Å². The molecule has 0 atom stereocenters. The Labute approximate surface area is 199 Å². The monoisotopic (exact) mass is 462 g/mol. The van der Waals surface area contributed by atoms with Crippen LogP contribution in [0.5, 0.6) is 0 Å². The molecule has 34 heavy (non-hydrogen) atoms. The van der Waals surface area contributed by atoms with Gasteiger partial charge in [0.15, 0.2) is 0 Å². The Balaban J connectivity index is 1.29. The molecule has 1 saturated heterocycles. The third-order valence-corrected chi connectivity index (χ3v) is 5.70. The predicted molar refractivity (Wildman–Crippen MR) is 130 cm³/mol. The molecule has 0 unspecified atom stereocenters. The van der Waals surface area contributed by atoms with Gasteiger partial charge in [0.1, 0.15) is 11.6 Å². The number of nitrogens with zero attached hydrogens (tertiary/aromatic N) is 5. The Morgan fingerprint density at radius 3 is 2.65 bits per heavy atom. The topological polar surface area (TPSA) is 92.6 Å². The van der Waals surface area contributed by atoms with Gasteiger partial charge in [-0.05, 0) is 31.0 Å². The molecule has 1 aliphatic rings. The van der Waals surface area contributed by atoms with Gasteiger partial charge in [-0.3, -0.25) is 9.69 Å². The molecule has 1 N–H and O–H groups in total. The molecule has 0 aliphatic carbocycles. The zero-order chi connectivity index (χ0) is 23.8. The number of nitrogens with one attached hydrogen (secondary N) is 1. The first-order valence-corrected chi connectivity index (χ1v) is 11.6. The standard InChI is InChI=1S/C25H30N6O3/c1-2-34-25(33)21-9-10-22(26-17-21)30-14-6-13-29(15-16-30)19-24(32)28-23-11-12-27-31(23)18-20-7-4-3-5-8-20/h3-5,7-12,17H,2,6,13-16,18-19H2,1H3,(H,28,32). The van der Waals surface area contributed by atoms with Crippen molar-refractivity contribution in [3.8, 4) is 0 Å². The van der Waals surface area contributed by atoms with Gasteiger partial charge in [0.05, 0.1) is 31.5 Å². The van der Waals surface area contributed by atoms with Crippen molar-refractivity contribution in [3.05, 3.63) is 72.1 Å². The predicted octanol–water partition coefficient (Wildman–Crippen LogP) is 2.65. The lowest BCUT2D eigenvalue weighted by molar-refractivity contribution is -0.117. The average Bonchev–Trinajstić information content (AvgIpc) is 3.14. The van der Waals surface area contributed by atoms with Gasteiger partial charge in [0, 0.05) is 38.4 Å². The van der Waals surface area contributed by atoms with Crippen molar-refractivity contribution in [1.29, 1.82) is 0 Å². The van der Waals surface area contributed by atoms with Crippen LogP contribution in [-0.4, -0.2) is 70.9 Å². The van der Waals surface area contributed by atoms with Gasteiger partial charge in [-0.15, -0.1) is 0 Å². The molecule has 178 valence electrons. The number of carbonyl (C=O) groups is 2. The van der Waals surface area contributed by atoms with E-state index in [0.29, 0.717) is 31.1 Å². The first-order chi connectivity index (χ1) is 16.6. The van der Waals surface area contributed by atoms with Crippen molar-refractivity contribution in [1.82, 2.24) is 19.7 Å². The number of aromatic nitrogens is 3. The number of amides is 1. The van der Waals surface area contributed by atoms with Crippen molar-refractivity contribution in [2.45, 2.75) is 19.9 Å². The summed E-state index contributed by atoms with van der Waals surface area (Å²) in [5.41, 5.74) is 1.57. The highest BCUT2D eigenvalue weighted by Gasteiger charge is 2.19. The molecule has 0 saturated carbocycles. The molecule has 0 radical (unpaired) electrons. The first-order valence-electron chi connectivity index (χ1n) is 11.6. The summed E-state index contributed by atoms with van der Waals surface area (Å²) in [6, 6.07) is 15.4. The van der Waals surface area contributed by atoms with Gasteiger partial charge in [-0.1, -0.05) is 30.3 Å². The Morgan fingerprint density at radius 2 is 1.88 bits per heavy atom. The summed E-state index contributed by atoms with van der Waals surface area (Å²) in [6.07, 6.45) is 4.17. The van der Waals surface area contributed by atoms with Crippen LogP contribution in [0.1, 0.15) is 29.3 Å². The number of esters is 1. The van der Waals surface area contributed by atoms with E-state index >= 15 is 0 Å². The largest absolute Gasteiger partial charge is 0.462 e. The van der Waals surface area contributed by atoms with Crippen LogP contribution in [0.4, 0.5) is 11.6 Å². The van der Waals surface area contributed by atoms with Crippen molar-refractivity contribution in [3.63, 3.8) is 0 Å². The number of anilines is 2. The number of rotatable bonds is 8. The molecular formula is C25H30N6O3. The number of ether oxygens (including phenoxy) is 1. The smallest absolute Gasteiger partial charge is 0.339 e. The number of carbonyl (C=O) groups excluding carboxylic acids is 2. The van der Waals surface area contributed by atoms with Gasteiger partial charge >= 0.3 is 5.97 Å². The van der Waals surface area contributed by atoms with Gasteiger partial charge in [-0.2, -0.15) is 5.10 Å². The second-order valence-corrected chi connectivity index (χ2v) is 8.15. The van der Waals surface area contributed by atoms with Crippen LogP contribution in [0.2, 0.25) is 0 Å². The Hall–Kier alpha value is -3.72. The number of hydrogen-bond donors (Lipinski definition) is 1. The van der Waals surface area contributed by atoms with E-state index in [9.17, 15) is 9.59 Å². The SMILES string of the molecule is CCOC(=O)c1ccc(N2CCCN(CC(=O)Nc3ccnn3Cc3ccccc3)CC2)nc1. The fourth-order valence-electron chi connectivity index (χ4n) is 3.97. The second-order valence-electron chi connectivity index (χ2n) is 8.15. The van der Waals surface area contributed by atoms with Crippen LogP contribution < -0.4 is 10.2 Å². The summed E-state index contributed by atoms with van der Waals surface area (Å²) in [4.78, 5) is 33.4. The summed E-state index contributed by atoms with van der Waals surface area (Å²) in [5.74, 6) is 1.10. The van der Waals surface area contributed by atoms with E-state index in [1.54, 1.807) is 30.1 Å². The molecular weight excluding hydrogens is 432 g/mol. The van der Waals surface area contributed by atoms with Crippen LogP contribution in [0.15, 0.2) is 60.9 Å². The van der Waals surface area contributed by atoms with E-state index in [4.69, 9.17) is 4.74 Å². The lowest BCUT2D eigenvalue weighted by Gasteiger charge is -2.22. The molecule has 2 aromatic heterocycles. The molecule has 1 fully saturated rings. The lowest BCUT2D eigenvalue weighted by Crippen LogP contribution is -2.36. The highest BCUT2D eigenvalue weighted by molar-refractivity contribution is 5.91. The maximum atomic E-state index is 12.7. The second kappa shape index (κ2) is 11.4. The summed E-state index contributed by atoms with van der Waals surface area (Å²) in [7, 11) is 0. The van der Waals surface area contributed by atoms with E-state index in [1.807, 2.05) is 42.5 Å². The lowest BCUT2D eigenvalue weighted by atomic mass is 10.2. The number of hydrogen-bond acceptors (Lipinski definition) is 7. The summed E-state index contributed by atoms with van der Waals surface area (Å²) >= 11 is 0. The van der Waals surface area contributed by atoms with Crippen molar-refractivity contribution in [2.24, 2.45) is 0 Å². The molecule has 1 aliphatic heterocycles. The van der Waals surface area contributed by atoms with E-state index in [-0.39, 0.29) is 11.9 Å². The van der Waals surface area contributed by atoms with Gasteiger partial charge < -0.3 is 15.0 Å². The molecule has 3 heterocycles. The van der Waals surface area contributed by atoms with E-state index < -0.39 is 0 Å². The number of benzene rings is 1. The normalized spacial score (nSPS) is 14.4. The summed E-state index contributed by atoms with van der Waals surface area (Å²) in [6.45, 7) is 6.21. The maximum Gasteiger partial charge on any atom is 0.339 e. The third-order valence-electron chi connectivity index (χ3n) is 5.70. The summed E-state index contributed by atoms with van der Waals surface area (Å²) in [5, 5.41) is 7.34. The van der Waals surface area contributed by atoms with Crippen LogP contribution in [0.3, 0.4) is 0 Å². The number of pyridine rings is 1. The molecule has 1 amide bonds. The Bertz CT molecular complexity index is 1080. The van der Waals surface area contributed by atoms with Crippen molar-refractivity contribution >= 4 is 23.5 Å². The highest BCUT2D eigenvalue weighted by Crippen LogP contribution is 2.15. The highest BCUT2D eigenvalue weighted by atomic mass is 16.5. The van der Waals surface area contributed by atoms with Crippen molar-refractivity contribution < 1.29 is 14.3 Å². The minimum Gasteiger partial charge on any atom is -0.462 e. The molecule has 0 bridgehead atoms. The molecule has 3 aromatic rings. The molecule has 9 nitrogen and oxygen atoms in total. The molecule has 9 heteroatoms. The quantitative estimate of drug-likeness (QED) is 0.515. The third kappa shape index (κ3) is 6.20. The van der Waals surface area contributed by atoms with E-state index in [1.165, 1.54) is 0 Å². The van der Waals surface area contributed by atoms with Crippen LogP contribution in [0, 0.1) is 0 Å².